The van der Waals surface area contributed by atoms with Crippen molar-refractivity contribution in [3.8, 4) is 0 Å². The minimum Gasteiger partial charge on any atom is -0.478 e. The van der Waals surface area contributed by atoms with Crippen molar-refractivity contribution in [2.24, 2.45) is 0 Å². The lowest BCUT2D eigenvalue weighted by molar-refractivity contribution is -0.252. The highest BCUT2D eigenvalue weighted by Gasteiger charge is 2.44. The van der Waals surface area contributed by atoms with Gasteiger partial charge < -0.3 is 20.4 Å². The Hall–Kier alpha value is -1.51. The van der Waals surface area contributed by atoms with E-state index < -0.39 is 18.0 Å². The van der Waals surface area contributed by atoms with Gasteiger partial charge in [0.25, 0.3) is 5.72 Å². The molecular formula is C10H13NO6. The number of carboxylic acid groups (broad SMARTS) is 1. The topological polar surface area (TPSA) is 119 Å². The van der Waals surface area contributed by atoms with E-state index in [9.17, 15) is 9.90 Å². The first kappa shape index (κ1) is 13.6. The van der Waals surface area contributed by atoms with Gasteiger partial charge in [0.15, 0.2) is 0 Å². The van der Waals surface area contributed by atoms with E-state index >= 15 is 0 Å². The Morgan fingerprint density at radius 3 is 2.41 bits per heavy atom. The number of hydroxylamine groups is 1. The van der Waals surface area contributed by atoms with Crippen LogP contribution in [-0.4, -0.2) is 38.4 Å². The molecule has 17 heavy (non-hydrogen) atoms. The summed E-state index contributed by atoms with van der Waals surface area (Å²) in [5.41, 5.74) is -0.542. The summed E-state index contributed by atoms with van der Waals surface area (Å²) in [5, 5.41) is 35.3. The van der Waals surface area contributed by atoms with Gasteiger partial charge in [-0.25, -0.2) is 4.79 Å². The summed E-state index contributed by atoms with van der Waals surface area (Å²) in [5.74, 6) is -1.86. The molecular weight excluding hydrogens is 230 g/mol. The Morgan fingerprint density at radius 2 is 1.94 bits per heavy atom. The zero-order valence-corrected chi connectivity index (χ0v) is 8.78. The van der Waals surface area contributed by atoms with Crippen LogP contribution in [0.15, 0.2) is 30.3 Å². The average Bonchev–Trinajstić information content (AvgIpc) is 2.29. The molecule has 0 bridgehead atoms. The lowest BCUT2D eigenvalue weighted by atomic mass is 10.2. The lowest BCUT2D eigenvalue weighted by Crippen LogP contribution is -2.60. The summed E-state index contributed by atoms with van der Waals surface area (Å²) in [7, 11) is 0. The van der Waals surface area contributed by atoms with Crippen LogP contribution in [0, 0.1) is 0 Å². The molecule has 1 atom stereocenters. The Morgan fingerprint density at radius 1 is 1.35 bits per heavy atom. The summed E-state index contributed by atoms with van der Waals surface area (Å²) in [6.45, 7) is -0.0385. The van der Waals surface area contributed by atoms with Crippen LogP contribution in [-0.2, 0) is 16.2 Å². The van der Waals surface area contributed by atoms with Crippen molar-refractivity contribution in [1.82, 2.24) is 5.48 Å². The van der Waals surface area contributed by atoms with Crippen LogP contribution >= 0.6 is 0 Å². The van der Waals surface area contributed by atoms with Gasteiger partial charge in [-0.05, 0) is 5.56 Å². The fraction of sp³-hybridized carbons (Fsp3) is 0.300. The molecule has 1 aromatic rings. The quantitative estimate of drug-likeness (QED) is 0.314. The summed E-state index contributed by atoms with van der Waals surface area (Å²) in [4.78, 5) is 15.3. The van der Waals surface area contributed by atoms with Crippen LogP contribution < -0.4 is 5.48 Å². The zero-order valence-electron chi connectivity index (χ0n) is 8.78. The van der Waals surface area contributed by atoms with Crippen LogP contribution in [0.3, 0.4) is 0 Å². The van der Waals surface area contributed by atoms with Gasteiger partial charge in [-0.3, -0.25) is 4.84 Å². The third-order valence-electron chi connectivity index (χ3n) is 2.01. The van der Waals surface area contributed by atoms with Crippen molar-refractivity contribution in [2.45, 2.75) is 18.6 Å². The number of aliphatic hydroxyl groups excluding tert-OH is 1. The van der Waals surface area contributed by atoms with Crippen molar-refractivity contribution in [3.05, 3.63) is 35.9 Å². The highest BCUT2D eigenvalue weighted by atomic mass is 16.7. The maximum Gasteiger partial charge on any atom is 0.358 e. The SMILES string of the molecule is O=C(O)[C@](O)(NOCc1ccccc1)C(O)O. The lowest BCUT2D eigenvalue weighted by Gasteiger charge is -2.25. The monoisotopic (exact) mass is 243 g/mol. The molecule has 94 valence electrons. The smallest absolute Gasteiger partial charge is 0.358 e. The van der Waals surface area contributed by atoms with Gasteiger partial charge in [0.1, 0.15) is 0 Å². The number of benzene rings is 1. The van der Waals surface area contributed by atoms with E-state index in [1.165, 1.54) is 0 Å². The Balaban J connectivity index is 2.52. The number of hydrogen-bond acceptors (Lipinski definition) is 6. The zero-order chi connectivity index (χ0) is 12.9. The van der Waals surface area contributed by atoms with E-state index in [0.717, 1.165) is 5.56 Å². The van der Waals surface area contributed by atoms with Crippen LogP contribution in [0.4, 0.5) is 0 Å². The van der Waals surface area contributed by atoms with E-state index in [1.807, 2.05) is 0 Å². The fourth-order valence-electron chi connectivity index (χ4n) is 1.01. The molecule has 1 rings (SSSR count). The number of carbonyl (C=O) groups is 1. The van der Waals surface area contributed by atoms with Crippen molar-refractivity contribution in [3.63, 3.8) is 0 Å². The molecule has 1 aromatic carbocycles. The minimum absolute atomic E-state index is 0.0385. The van der Waals surface area contributed by atoms with Crippen molar-refractivity contribution < 1.29 is 30.1 Å². The van der Waals surface area contributed by atoms with Gasteiger partial charge in [0.2, 0.25) is 6.29 Å². The summed E-state index contributed by atoms with van der Waals surface area (Å²) < 4.78 is 0. The molecule has 0 aliphatic heterocycles. The van der Waals surface area contributed by atoms with Crippen LogP contribution in [0.1, 0.15) is 5.56 Å². The molecule has 0 aliphatic rings. The second kappa shape index (κ2) is 5.71. The summed E-state index contributed by atoms with van der Waals surface area (Å²) in [6.07, 6.45) is -2.52. The maximum absolute atomic E-state index is 10.6. The Bertz CT molecular complexity index is 368. The van der Waals surface area contributed by atoms with Gasteiger partial charge >= 0.3 is 5.97 Å². The first-order valence-corrected chi connectivity index (χ1v) is 4.71. The number of aliphatic carboxylic acids is 1. The van der Waals surface area contributed by atoms with E-state index in [4.69, 9.17) is 20.2 Å². The fourth-order valence-corrected chi connectivity index (χ4v) is 1.01. The highest BCUT2D eigenvalue weighted by Crippen LogP contribution is 2.07. The molecule has 0 heterocycles. The number of nitrogens with one attached hydrogen (secondary N) is 1. The first-order valence-electron chi connectivity index (χ1n) is 4.71. The van der Waals surface area contributed by atoms with Crippen molar-refractivity contribution >= 4 is 5.97 Å². The minimum atomic E-state index is -2.96. The van der Waals surface area contributed by atoms with Gasteiger partial charge in [0, 0.05) is 0 Å². The molecule has 0 amide bonds. The van der Waals surface area contributed by atoms with E-state index in [0.29, 0.717) is 0 Å². The Labute approximate surface area is 96.8 Å². The van der Waals surface area contributed by atoms with Crippen LogP contribution in [0.25, 0.3) is 0 Å². The second-order valence-electron chi connectivity index (χ2n) is 3.32. The van der Waals surface area contributed by atoms with Gasteiger partial charge in [-0.1, -0.05) is 30.3 Å². The molecule has 5 N–H and O–H groups in total. The van der Waals surface area contributed by atoms with Crippen LogP contribution in [0.5, 0.6) is 0 Å². The normalized spacial score (nSPS) is 14.6. The van der Waals surface area contributed by atoms with Crippen molar-refractivity contribution in [2.75, 3.05) is 0 Å². The molecule has 7 nitrogen and oxygen atoms in total. The Kier molecular flexibility index (Phi) is 4.55. The number of hydrogen-bond donors (Lipinski definition) is 5. The average molecular weight is 243 g/mol. The molecule has 0 saturated heterocycles. The van der Waals surface area contributed by atoms with Gasteiger partial charge in [-0.2, -0.15) is 5.48 Å². The molecule has 7 heteroatoms. The number of carboxylic acids is 1. The summed E-state index contributed by atoms with van der Waals surface area (Å²) >= 11 is 0. The van der Waals surface area contributed by atoms with E-state index in [2.05, 4.69) is 0 Å². The third-order valence-corrected chi connectivity index (χ3v) is 2.01. The van der Waals surface area contributed by atoms with Crippen LogP contribution in [0.2, 0.25) is 0 Å². The standard InChI is InChI=1S/C10H13NO6/c12-8(13)10(16,9(14)15)11-17-6-7-4-2-1-3-5-7/h1-5,8,11-13,16H,6H2,(H,14,15)/t10-/m0/s1. The highest BCUT2D eigenvalue weighted by molar-refractivity contribution is 5.76. The molecule has 0 fully saturated rings. The van der Waals surface area contributed by atoms with E-state index in [1.54, 1.807) is 35.8 Å². The predicted octanol–water partition coefficient (Wildman–Crippen LogP) is -1.21. The van der Waals surface area contributed by atoms with Gasteiger partial charge in [-0.15, -0.1) is 0 Å². The largest absolute Gasteiger partial charge is 0.478 e. The number of rotatable bonds is 6. The maximum atomic E-state index is 10.6. The van der Waals surface area contributed by atoms with Gasteiger partial charge in [0.05, 0.1) is 6.61 Å². The molecule has 0 unspecified atom stereocenters. The molecule has 0 saturated carbocycles. The molecule has 0 aromatic heterocycles. The second-order valence-corrected chi connectivity index (χ2v) is 3.32. The predicted molar refractivity (Wildman–Crippen MR) is 55.2 cm³/mol. The molecule has 0 aliphatic carbocycles. The van der Waals surface area contributed by atoms with Crippen molar-refractivity contribution in [1.29, 1.82) is 0 Å². The first-order chi connectivity index (χ1) is 7.97. The molecule has 0 spiro atoms. The number of aliphatic hydroxyl groups is 3. The van der Waals surface area contributed by atoms with E-state index in [-0.39, 0.29) is 6.61 Å². The summed E-state index contributed by atoms with van der Waals surface area (Å²) in [6, 6.07) is 8.74. The molecule has 0 radical (unpaired) electrons. The third kappa shape index (κ3) is 3.48.